The summed E-state index contributed by atoms with van der Waals surface area (Å²) in [7, 11) is 0. The van der Waals surface area contributed by atoms with E-state index in [1.807, 2.05) is 84.9 Å². The van der Waals surface area contributed by atoms with Crippen molar-refractivity contribution in [2.24, 2.45) is 0 Å². The van der Waals surface area contributed by atoms with Gasteiger partial charge in [-0.25, -0.2) is 9.80 Å². The summed E-state index contributed by atoms with van der Waals surface area (Å²) in [6.45, 7) is 0. The Balaban J connectivity index is 1.08. The van der Waals surface area contributed by atoms with Gasteiger partial charge in [-0.2, -0.15) is 0 Å². The fraction of sp³-hybridized carbons (Fsp3) is 0.152. The molecular weight excluding hydrogens is 553 g/mol. The molecule has 4 aromatic carbocycles. The van der Waals surface area contributed by atoms with Gasteiger partial charge in [0.25, 0.3) is 0 Å². The lowest BCUT2D eigenvalue weighted by Crippen LogP contribution is -2.31. The van der Waals surface area contributed by atoms with Crippen molar-refractivity contribution < 1.29 is 19.2 Å². The molecule has 0 radical (unpaired) electrons. The Morgan fingerprint density at radius 2 is 0.878 bits per heavy atom. The average Bonchev–Trinajstić information content (AvgIpc) is 3.43. The van der Waals surface area contributed by atoms with Gasteiger partial charge in [0.15, 0.2) is 0 Å². The minimum atomic E-state index is -0.426. The number of hydrogen-bond donors (Lipinski definition) is 0. The van der Waals surface area contributed by atoms with E-state index in [1.165, 1.54) is 33.3 Å². The third kappa shape index (κ3) is 5.85. The third-order valence-electron chi connectivity index (χ3n) is 7.05. The first-order valence-corrected chi connectivity index (χ1v) is 15.1. The molecular formula is C33H26N2O4S2. The maximum atomic E-state index is 13.0. The molecule has 2 aliphatic rings. The van der Waals surface area contributed by atoms with E-state index in [1.54, 1.807) is 24.3 Å². The van der Waals surface area contributed by atoms with E-state index >= 15 is 0 Å². The molecule has 0 aliphatic carbocycles. The monoisotopic (exact) mass is 578 g/mol. The number of benzene rings is 4. The van der Waals surface area contributed by atoms with Crippen LogP contribution in [0.15, 0.2) is 119 Å². The average molecular weight is 579 g/mol. The molecule has 2 fully saturated rings. The third-order valence-corrected chi connectivity index (χ3v) is 9.45. The van der Waals surface area contributed by atoms with Crippen molar-refractivity contribution in [3.63, 3.8) is 0 Å². The van der Waals surface area contributed by atoms with Crippen LogP contribution in [0.2, 0.25) is 0 Å². The van der Waals surface area contributed by atoms with Gasteiger partial charge in [-0.05, 0) is 66.1 Å². The summed E-state index contributed by atoms with van der Waals surface area (Å²) in [6, 6.07) is 34.2. The Morgan fingerprint density at radius 3 is 1.24 bits per heavy atom. The SMILES string of the molecule is O=C1C[C@H](Sc2ccccc2)C(=O)N1c1ccc(Cc2ccc(N3C(=O)C[C@@H](Sc4ccccc4)C3=O)cc2)cc1. The molecule has 2 saturated heterocycles. The molecule has 4 amide bonds. The summed E-state index contributed by atoms with van der Waals surface area (Å²) < 4.78 is 0. The predicted octanol–water partition coefficient (Wildman–Crippen LogP) is 6.13. The molecule has 2 heterocycles. The molecule has 2 atom stereocenters. The predicted molar refractivity (Wildman–Crippen MR) is 162 cm³/mol. The second kappa shape index (κ2) is 11.8. The number of rotatable bonds is 8. The normalized spacial score (nSPS) is 18.9. The van der Waals surface area contributed by atoms with Crippen LogP contribution >= 0.6 is 23.5 Å². The van der Waals surface area contributed by atoms with Crippen molar-refractivity contribution in [3.8, 4) is 0 Å². The summed E-state index contributed by atoms with van der Waals surface area (Å²) >= 11 is 2.84. The van der Waals surface area contributed by atoms with Crippen molar-refractivity contribution in [3.05, 3.63) is 120 Å². The molecule has 0 saturated carbocycles. The summed E-state index contributed by atoms with van der Waals surface area (Å²) in [4.78, 5) is 55.9. The number of thioether (sulfide) groups is 2. The van der Waals surface area contributed by atoms with Gasteiger partial charge in [0.1, 0.15) is 0 Å². The molecule has 6 rings (SSSR count). The van der Waals surface area contributed by atoms with Gasteiger partial charge in [-0.15, -0.1) is 23.5 Å². The van der Waals surface area contributed by atoms with E-state index in [0.29, 0.717) is 17.8 Å². The van der Waals surface area contributed by atoms with Crippen LogP contribution in [-0.2, 0) is 25.6 Å². The summed E-state index contributed by atoms with van der Waals surface area (Å²) in [5.74, 6) is -0.769. The number of hydrogen-bond acceptors (Lipinski definition) is 6. The second-order valence-corrected chi connectivity index (χ2v) is 12.4. The Morgan fingerprint density at radius 1 is 0.512 bits per heavy atom. The Kier molecular flexibility index (Phi) is 7.76. The lowest BCUT2D eigenvalue weighted by atomic mass is 10.0. The van der Waals surface area contributed by atoms with Crippen LogP contribution in [-0.4, -0.2) is 34.1 Å². The van der Waals surface area contributed by atoms with E-state index in [-0.39, 0.29) is 36.5 Å². The first-order chi connectivity index (χ1) is 20.0. The molecule has 2 aliphatic heterocycles. The molecule has 0 bridgehead atoms. The number of anilines is 2. The number of carbonyl (C=O) groups excluding carboxylic acids is 4. The minimum Gasteiger partial charge on any atom is -0.274 e. The number of nitrogens with zero attached hydrogens (tertiary/aromatic N) is 2. The highest BCUT2D eigenvalue weighted by molar-refractivity contribution is 8.01. The molecule has 4 aromatic rings. The van der Waals surface area contributed by atoms with Gasteiger partial charge < -0.3 is 0 Å². The fourth-order valence-corrected chi connectivity index (χ4v) is 7.17. The van der Waals surface area contributed by atoms with Crippen molar-refractivity contribution in [1.82, 2.24) is 0 Å². The van der Waals surface area contributed by atoms with E-state index in [2.05, 4.69) is 0 Å². The quantitative estimate of drug-likeness (QED) is 0.234. The van der Waals surface area contributed by atoms with Crippen molar-refractivity contribution in [1.29, 1.82) is 0 Å². The van der Waals surface area contributed by atoms with E-state index in [4.69, 9.17) is 0 Å². The molecule has 0 unspecified atom stereocenters. The Hall–Kier alpha value is -4.14. The largest absolute Gasteiger partial charge is 0.274 e. The standard InChI is InChI=1S/C33H26N2O4S2/c36-30-20-28(40-26-7-3-1-4-8-26)32(38)34(30)24-15-11-22(12-16-24)19-23-13-17-25(18-14-23)35-31(37)21-29(33(35)39)41-27-9-5-2-6-10-27/h1-18,28-29H,19-21H2/t28-,29+. The molecule has 0 aromatic heterocycles. The lowest BCUT2D eigenvalue weighted by molar-refractivity contribution is -0.122. The van der Waals surface area contributed by atoms with Crippen molar-refractivity contribution in [2.45, 2.75) is 39.6 Å². The van der Waals surface area contributed by atoms with Crippen molar-refractivity contribution in [2.75, 3.05) is 9.80 Å². The van der Waals surface area contributed by atoms with Crippen LogP contribution < -0.4 is 9.80 Å². The van der Waals surface area contributed by atoms with Crippen LogP contribution in [0.3, 0.4) is 0 Å². The Labute approximate surface area is 246 Å². The summed E-state index contributed by atoms with van der Waals surface area (Å²) in [5.41, 5.74) is 3.18. The smallest absolute Gasteiger partial charge is 0.247 e. The first-order valence-electron chi connectivity index (χ1n) is 13.3. The Bertz CT molecular complexity index is 1470. The zero-order valence-electron chi connectivity index (χ0n) is 22.0. The maximum Gasteiger partial charge on any atom is 0.247 e. The highest BCUT2D eigenvalue weighted by Gasteiger charge is 2.41. The second-order valence-electron chi connectivity index (χ2n) is 9.89. The molecule has 8 heteroatoms. The minimum absolute atomic E-state index is 0.181. The fourth-order valence-electron chi connectivity index (χ4n) is 5.02. The van der Waals surface area contributed by atoms with Gasteiger partial charge in [-0.3, -0.25) is 19.2 Å². The highest BCUT2D eigenvalue weighted by Crippen LogP contribution is 2.35. The van der Waals surface area contributed by atoms with Crippen molar-refractivity contribution >= 4 is 58.5 Å². The van der Waals surface area contributed by atoms with Gasteiger partial charge in [0.2, 0.25) is 23.6 Å². The molecule has 0 N–H and O–H groups in total. The van der Waals surface area contributed by atoms with Gasteiger partial charge in [-0.1, -0.05) is 60.7 Å². The number of carbonyl (C=O) groups is 4. The van der Waals surface area contributed by atoms with Crippen LogP contribution in [0, 0.1) is 0 Å². The van der Waals surface area contributed by atoms with Gasteiger partial charge in [0.05, 0.1) is 21.9 Å². The van der Waals surface area contributed by atoms with Gasteiger partial charge >= 0.3 is 0 Å². The number of amides is 4. The molecule has 0 spiro atoms. The summed E-state index contributed by atoms with van der Waals surface area (Å²) in [6.07, 6.45) is 0.990. The summed E-state index contributed by atoms with van der Waals surface area (Å²) in [5, 5.41) is -0.852. The zero-order valence-corrected chi connectivity index (χ0v) is 23.6. The van der Waals surface area contributed by atoms with E-state index in [0.717, 1.165) is 20.9 Å². The highest BCUT2D eigenvalue weighted by atomic mass is 32.2. The van der Waals surface area contributed by atoms with Gasteiger partial charge in [0, 0.05) is 22.6 Å². The molecule has 6 nitrogen and oxygen atoms in total. The topological polar surface area (TPSA) is 74.8 Å². The van der Waals surface area contributed by atoms with Crippen LogP contribution in [0.4, 0.5) is 11.4 Å². The molecule has 204 valence electrons. The van der Waals surface area contributed by atoms with E-state index < -0.39 is 10.5 Å². The molecule has 41 heavy (non-hydrogen) atoms. The number of imide groups is 2. The van der Waals surface area contributed by atoms with E-state index in [9.17, 15) is 19.2 Å². The van der Waals surface area contributed by atoms with Crippen LogP contribution in [0.1, 0.15) is 24.0 Å². The van der Waals surface area contributed by atoms with Crippen LogP contribution in [0.25, 0.3) is 0 Å². The maximum absolute atomic E-state index is 13.0. The first kappa shape index (κ1) is 27.1. The van der Waals surface area contributed by atoms with Crippen LogP contribution in [0.5, 0.6) is 0 Å². The lowest BCUT2D eigenvalue weighted by Gasteiger charge is -2.16. The zero-order chi connectivity index (χ0) is 28.3.